The molecule has 0 bridgehead atoms. The minimum Gasteiger partial charge on any atom is -0.490 e. The molecule has 1 amide bonds. The van der Waals surface area contributed by atoms with E-state index in [4.69, 9.17) is 9.47 Å². The van der Waals surface area contributed by atoms with Crippen LogP contribution >= 0.6 is 0 Å². The number of carbonyl (C=O) groups excluding carboxylic acids is 2. The van der Waals surface area contributed by atoms with E-state index in [0.717, 1.165) is 25.9 Å². The molecule has 6 heteroatoms. The lowest BCUT2D eigenvalue weighted by Crippen LogP contribution is -2.51. The normalized spacial score (nSPS) is 15.6. The van der Waals surface area contributed by atoms with Crippen molar-refractivity contribution in [3.05, 3.63) is 59.7 Å². The molecule has 1 aliphatic rings. The number of aldehydes is 1. The lowest BCUT2D eigenvalue weighted by atomic mass is 10.2. The van der Waals surface area contributed by atoms with Crippen molar-refractivity contribution >= 4 is 12.2 Å². The molecule has 0 radical (unpaired) electrons. The van der Waals surface area contributed by atoms with Crippen LogP contribution < -0.4 is 9.47 Å². The smallest absolute Gasteiger partial charge is 0.263 e. The van der Waals surface area contributed by atoms with E-state index in [1.54, 1.807) is 25.1 Å². The van der Waals surface area contributed by atoms with E-state index in [2.05, 4.69) is 17.0 Å². The van der Waals surface area contributed by atoms with Gasteiger partial charge in [-0.3, -0.25) is 14.5 Å². The summed E-state index contributed by atoms with van der Waals surface area (Å²) in [6.07, 6.45) is 0.132. The van der Waals surface area contributed by atoms with E-state index in [0.29, 0.717) is 36.8 Å². The second-order valence-corrected chi connectivity index (χ2v) is 7.10. The molecule has 0 spiro atoms. The van der Waals surface area contributed by atoms with Crippen LogP contribution in [0.15, 0.2) is 48.5 Å². The molecule has 29 heavy (non-hydrogen) atoms. The Bertz CT molecular complexity index is 817. The third-order valence-electron chi connectivity index (χ3n) is 4.99. The molecule has 154 valence electrons. The number of benzene rings is 2. The van der Waals surface area contributed by atoms with Gasteiger partial charge in [0.25, 0.3) is 5.91 Å². The van der Waals surface area contributed by atoms with Gasteiger partial charge in [0.15, 0.2) is 17.6 Å². The summed E-state index contributed by atoms with van der Waals surface area (Å²) < 4.78 is 11.5. The molecule has 3 rings (SSSR count). The molecule has 1 heterocycles. The molecule has 0 saturated carbocycles. The number of nitrogens with zero attached hydrogens (tertiary/aromatic N) is 2. The van der Waals surface area contributed by atoms with Crippen molar-refractivity contribution in [2.24, 2.45) is 0 Å². The predicted octanol–water partition coefficient (Wildman–Crippen LogP) is 3.01. The number of amides is 1. The second kappa shape index (κ2) is 10.1. The van der Waals surface area contributed by atoms with Gasteiger partial charge in [-0.15, -0.1) is 0 Å². The van der Waals surface area contributed by atoms with E-state index in [-0.39, 0.29) is 5.91 Å². The van der Waals surface area contributed by atoms with Crippen LogP contribution in [0.25, 0.3) is 0 Å². The molecule has 1 aliphatic heterocycles. The van der Waals surface area contributed by atoms with Crippen molar-refractivity contribution < 1.29 is 19.1 Å². The fourth-order valence-electron chi connectivity index (χ4n) is 3.43. The van der Waals surface area contributed by atoms with E-state index < -0.39 is 6.10 Å². The summed E-state index contributed by atoms with van der Waals surface area (Å²) in [4.78, 5) is 28.0. The van der Waals surface area contributed by atoms with Gasteiger partial charge in [0.1, 0.15) is 6.29 Å². The van der Waals surface area contributed by atoms with Gasteiger partial charge in [0, 0.05) is 38.3 Å². The number of hydrogen-bond acceptors (Lipinski definition) is 5. The van der Waals surface area contributed by atoms with Gasteiger partial charge in [0.05, 0.1) is 6.61 Å². The Morgan fingerprint density at radius 1 is 1.07 bits per heavy atom. The Balaban J connectivity index is 1.55. The maximum atomic E-state index is 12.8. The van der Waals surface area contributed by atoms with Gasteiger partial charge in [-0.25, -0.2) is 0 Å². The van der Waals surface area contributed by atoms with Gasteiger partial charge in [-0.05, 0) is 37.6 Å². The number of hydrogen-bond donors (Lipinski definition) is 0. The lowest BCUT2D eigenvalue weighted by molar-refractivity contribution is -0.139. The monoisotopic (exact) mass is 396 g/mol. The molecule has 0 N–H and O–H groups in total. The van der Waals surface area contributed by atoms with Crippen LogP contribution in [-0.2, 0) is 11.3 Å². The van der Waals surface area contributed by atoms with E-state index in [1.165, 1.54) is 5.56 Å². The number of piperazine rings is 1. The summed E-state index contributed by atoms with van der Waals surface area (Å²) in [6, 6.07) is 15.3. The summed E-state index contributed by atoms with van der Waals surface area (Å²) in [5.41, 5.74) is 1.79. The van der Waals surface area contributed by atoms with Gasteiger partial charge >= 0.3 is 0 Å². The highest BCUT2D eigenvalue weighted by molar-refractivity contribution is 5.81. The minimum atomic E-state index is -0.628. The summed E-state index contributed by atoms with van der Waals surface area (Å²) in [5, 5.41) is 0. The summed E-state index contributed by atoms with van der Waals surface area (Å²) >= 11 is 0. The van der Waals surface area contributed by atoms with Crippen molar-refractivity contribution in [1.29, 1.82) is 0 Å². The minimum absolute atomic E-state index is 0.0359. The lowest BCUT2D eigenvalue weighted by Gasteiger charge is -2.36. The Hall–Kier alpha value is -2.86. The van der Waals surface area contributed by atoms with Crippen molar-refractivity contribution in [3.63, 3.8) is 0 Å². The topological polar surface area (TPSA) is 59.1 Å². The third kappa shape index (κ3) is 5.57. The average Bonchev–Trinajstić information content (AvgIpc) is 2.76. The molecule has 1 saturated heterocycles. The third-order valence-corrected chi connectivity index (χ3v) is 4.99. The van der Waals surface area contributed by atoms with Crippen molar-refractivity contribution in [2.45, 2.75) is 26.5 Å². The van der Waals surface area contributed by atoms with Crippen LogP contribution in [-0.4, -0.2) is 60.9 Å². The number of carbonyl (C=O) groups is 2. The fraction of sp³-hybridized carbons (Fsp3) is 0.391. The van der Waals surface area contributed by atoms with Crippen LogP contribution in [0.2, 0.25) is 0 Å². The van der Waals surface area contributed by atoms with Crippen molar-refractivity contribution in [2.75, 3.05) is 32.8 Å². The van der Waals surface area contributed by atoms with E-state index >= 15 is 0 Å². The van der Waals surface area contributed by atoms with Gasteiger partial charge in [-0.2, -0.15) is 0 Å². The molecule has 0 aromatic heterocycles. The highest BCUT2D eigenvalue weighted by Gasteiger charge is 2.26. The quantitative estimate of drug-likeness (QED) is 0.642. The first-order chi connectivity index (χ1) is 14.1. The first kappa shape index (κ1) is 20.9. The molecule has 1 atom stereocenters. The summed E-state index contributed by atoms with van der Waals surface area (Å²) in [7, 11) is 0. The molecular weight excluding hydrogens is 368 g/mol. The van der Waals surface area contributed by atoms with Crippen LogP contribution in [0.3, 0.4) is 0 Å². The SMILES string of the molecule is CCOc1cc(C=O)ccc1O[C@@H](C)C(=O)N1CCN(Cc2ccccc2)CC1. The predicted molar refractivity (Wildman–Crippen MR) is 111 cm³/mol. The van der Waals surface area contributed by atoms with Gasteiger partial charge in [0.2, 0.25) is 0 Å². The molecule has 0 unspecified atom stereocenters. The Labute approximate surface area is 172 Å². The van der Waals surface area contributed by atoms with E-state index in [1.807, 2.05) is 30.0 Å². The molecule has 2 aromatic carbocycles. The average molecular weight is 396 g/mol. The zero-order chi connectivity index (χ0) is 20.6. The highest BCUT2D eigenvalue weighted by Crippen LogP contribution is 2.29. The fourth-order valence-corrected chi connectivity index (χ4v) is 3.43. The molecule has 6 nitrogen and oxygen atoms in total. The Morgan fingerprint density at radius 3 is 2.45 bits per heavy atom. The van der Waals surface area contributed by atoms with Gasteiger partial charge < -0.3 is 14.4 Å². The zero-order valence-corrected chi connectivity index (χ0v) is 17.0. The van der Waals surface area contributed by atoms with Crippen molar-refractivity contribution in [3.8, 4) is 11.5 Å². The molecule has 0 aliphatic carbocycles. The largest absolute Gasteiger partial charge is 0.490 e. The van der Waals surface area contributed by atoms with Crippen LogP contribution in [0.5, 0.6) is 11.5 Å². The maximum absolute atomic E-state index is 12.8. The maximum Gasteiger partial charge on any atom is 0.263 e. The highest BCUT2D eigenvalue weighted by atomic mass is 16.5. The first-order valence-corrected chi connectivity index (χ1v) is 10.0. The van der Waals surface area contributed by atoms with Gasteiger partial charge in [-0.1, -0.05) is 30.3 Å². The zero-order valence-electron chi connectivity index (χ0n) is 17.0. The molecular formula is C23H28N2O4. The van der Waals surface area contributed by atoms with Crippen molar-refractivity contribution in [1.82, 2.24) is 9.80 Å². The number of ether oxygens (including phenoxy) is 2. The van der Waals surface area contributed by atoms with Crippen LogP contribution in [0.4, 0.5) is 0 Å². The molecule has 1 fully saturated rings. The summed E-state index contributed by atoms with van der Waals surface area (Å²) in [5.74, 6) is 0.914. The molecule has 2 aromatic rings. The standard InChI is InChI=1S/C23H28N2O4/c1-3-28-22-15-20(17-26)9-10-21(22)29-18(2)23(27)25-13-11-24(12-14-25)16-19-7-5-4-6-8-19/h4-10,15,17-18H,3,11-14,16H2,1-2H3/t18-/m0/s1. The Morgan fingerprint density at radius 2 is 1.79 bits per heavy atom. The van der Waals surface area contributed by atoms with E-state index in [9.17, 15) is 9.59 Å². The first-order valence-electron chi connectivity index (χ1n) is 10.0. The van der Waals surface area contributed by atoms with Crippen LogP contribution in [0, 0.1) is 0 Å². The van der Waals surface area contributed by atoms with Crippen LogP contribution in [0.1, 0.15) is 29.8 Å². The number of rotatable bonds is 8. The summed E-state index contributed by atoms with van der Waals surface area (Å²) in [6.45, 7) is 8.00. The Kier molecular flexibility index (Phi) is 7.25. The second-order valence-electron chi connectivity index (χ2n) is 7.10.